The van der Waals surface area contributed by atoms with Gasteiger partial charge in [-0.15, -0.1) is 0 Å². The first-order valence-corrected chi connectivity index (χ1v) is 10.9. The predicted octanol–water partition coefficient (Wildman–Crippen LogP) is 2.97. The highest BCUT2D eigenvalue weighted by molar-refractivity contribution is 7.89. The van der Waals surface area contributed by atoms with Crippen molar-refractivity contribution in [3.05, 3.63) is 46.2 Å². The number of nitrogens with zero attached hydrogens (tertiary/aromatic N) is 2. The normalized spacial score (nSPS) is 15.6. The number of halogens is 1. The Kier molecular flexibility index (Phi) is 6.02. The molecule has 0 spiro atoms. The fourth-order valence-corrected chi connectivity index (χ4v) is 5.54. The van der Waals surface area contributed by atoms with Crippen molar-refractivity contribution < 1.29 is 17.9 Å². The quantitative estimate of drug-likeness (QED) is 0.744. The molecule has 3 rings (SSSR count). The summed E-state index contributed by atoms with van der Waals surface area (Å²) in [7, 11) is -3.83. The third-order valence-corrected chi connectivity index (χ3v) is 7.11. The number of carbonyl (C=O) groups is 1. The maximum atomic E-state index is 13.3. The molecule has 0 radical (unpaired) electrons. The van der Waals surface area contributed by atoms with Crippen LogP contribution >= 0.6 is 11.6 Å². The van der Waals surface area contributed by atoms with Crippen molar-refractivity contribution in [3.63, 3.8) is 0 Å². The predicted molar refractivity (Wildman–Crippen MR) is 109 cm³/mol. The highest BCUT2D eigenvalue weighted by Gasteiger charge is 2.35. The number of aromatic nitrogens is 1. The van der Waals surface area contributed by atoms with Crippen molar-refractivity contribution in [2.45, 2.75) is 25.7 Å². The fraction of sp³-hybridized carbons (Fsp3) is 0.421. The summed E-state index contributed by atoms with van der Waals surface area (Å²) in [6.07, 6.45) is 0. The standard InChI is InChI=1S/C19H24ClN3O4S/c1-4-27-19(24)17-13(2)21-14(3)18(17)28(25,26)23-10-8-22(9-11-23)16-7-5-6-15(20)12-16/h5-7,12,21H,4,8-11H2,1-3H3. The molecule has 0 amide bonds. The number of nitrogens with one attached hydrogen (secondary N) is 1. The first kappa shape index (κ1) is 20.7. The van der Waals surface area contributed by atoms with Gasteiger partial charge >= 0.3 is 5.97 Å². The Bertz CT molecular complexity index is 979. The molecule has 0 unspecified atom stereocenters. The van der Waals surface area contributed by atoms with E-state index in [0.717, 1.165) is 5.69 Å². The van der Waals surface area contributed by atoms with Gasteiger partial charge in [0, 0.05) is 48.3 Å². The number of aromatic amines is 1. The number of ether oxygens (including phenoxy) is 1. The summed E-state index contributed by atoms with van der Waals surface area (Å²) in [5.74, 6) is -0.625. The molecule has 2 heterocycles. The summed E-state index contributed by atoms with van der Waals surface area (Å²) in [4.78, 5) is 17.4. The molecule has 1 aromatic heterocycles. The lowest BCUT2D eigenvalue weighted by Gasteiger charge is -2.35. The van der Waals surface area contributed by atoms with Crippen molar-refractivity contribution in [3.8, 4) is 0 Å². The molecule has 2 aromatic rings. The largest absolute Gasteiger partial charge is 0.462 e. The van der Waals surface area contributed by atoms with E-state index in [0.29, 0.717) is 42.6 Å². The number of rotatable bonds is 5. The second-order valence-electron chi connectivity index (χ2n) is 6.67. The molecule has 1 aromatic carbocycles. The molecule has 0 atom stereocenters. The van der Waals surface area contributed by atoms with Crippen LogP contribution in [0.25, 0.3) is 0 Å². The summed E-state index contributed by atoms with van der Waals surface area (Å²) >= 11 is 6.06. The van der Waals surface area contributed by atoms with Gasteiger partial charge in [0.1, 0.15) is 10.5 Å². The molecule has 9 heteroatoms. The first-order valence-electron chi connectivity index (χ1n) is 9.12. The molecule has 1 aliphatic heterocycles. The maximum Gasteiger partial charge on any atom is 0.341 e. The Morgan fingerprint density at radius 2 is 1.86 bits per heavy atom. The molecule has 152 valence electrons. The summed E-state index contributed by atoms with van der Waals surface area (Å²) in [6, 6.07) is 7.50. The van der Waals surface area contributed by atoms with E-state index in [1.807, 2.05) is 18.2 Å². The Balaban J connectivity index is 1.84. The van der Waals surface area contributed by atoms with Crippen LogP contribution in [0, 0.1) is 13.8 Å². The zero-order valence-electron chi connectivity index (χ0n) is 16.2. The van der Waals surface area contributed by atoms with Gasteiger partial charge < -0.3 is 14.6 Å². The lowest BCUT2D eigenvalue weighted by Crippen LogP contribution is -2.49. The van der Waals surface area contributed by atoms with Crippen molar-refractivity contribution in [2.24, 2.45) is 0 Å². The van der Waals surface area contributed by atoms with Crippen LogP contribution in [0.15, 0.2) is 29.2 Å². The van der Waals surface area contributed by atoms with E-state index in [4.69, 9.17) is 16.3 Å². The van der Waals surface area contributed by atoms with E-state index in [-0.39, 0.29) is 17.1 Å². The molecule has 0 bridgehead atoms. The Morgan fingerprint density at radius 1 is 1.18 bits per heavy atom. The molecule has 1 fully saturated rings. The monoisotopic (exact) mass is 425 g/mol. The number of sulfonamides is 1. The van der Waals surface area contributed by atoms with Gasteiger partial charge in [-0.25, -0.2) is 13.2 Å². The third-order valence-electron chi connectivity index (χ3n) is 4.81. The number of hydrogen-bond donors (Lipinski definition) is 1. The Labute approximate surface area is 170 Å². The molecule has 28 heavy (non-hydrogen) atoms. The zero-order valence-corrected chi connectivity index (χ0v) is 17.7. The minimum atomic E-state index is -3.83. The number of carbonyl (C=O) groups excluding carboxylic acids is 1. The van der Waals surface area contributed by atoms with Crippen molar-refractivity contribution in [1.29, 1.82) is 0 Å². The second kappa shape index (κ2) is 8.14. The Hall–Kier alpha value is -2.03. The molecule has 1 aliphatic rings. The van der Waals surface area contributed by atoms with E-state index in [2.05, 4.69) is 9.88 Å². The fourth-order valence-electron chi connectivity index (χ4n) is 3.52. The zero-order chi connectivity index (χ0) is 20.5. The van der Waals surface area contributed by atoms with E-state index < -0.39 is 16.0 Å². The van der Waals surface area contributed by atoms with Gasteiger partial charge in [-0.1, -0.05) is 17.7 Å². The minimum Gasteiger partial charge on any atom is -0.462 e. The van der Waals surface area contributed by atoms with Crippen LogP contribution in [-0.4, -0.2) is 56.5 Å². The maximum absolute atomic E-state index is 13.3. The molecular weight excluding hydrogens is 402 g/mol. The molecule has 1 N–H and O–H groups in total. The highest BCUT2D eigenvalue weighted by Crippen LogP contribution is 2.29. The number of esters is 1. The molecule has 0 aliphatic carbocycles. The molecule has 0 saturated carbocycles. The number of piperazine rings is 1. The smallest absolute Gasteiger partial charge is 0.341 e. The van der Waals surface area contributed by atoms with Crippen LogP contribution in [0.2, 0.25) is 5.02 Å². The van der Waals surface area contributed by atoms with Crippen LogP contribution < -0.4 is 4.90 Å². The molecular formula is C19H24ClN3O4S. The average Bonchev–Trinajstić information content (AvgIpc) is 2.97. The number of H-pyrrole nitrogens is 1. The number of benzene rings is 1. The molecule has 7 nitrogen and oxygen atoms in total. The van der Waals surface area contributed by atoms with E-state index >= 15 is 0 Å². The Morgan fingerprint density at radius 3 is 2.46 bits per heavy atom. The van der Waals surface area contributed by atoms with Gasteiger partial charge in [-0.05, 0) is 39.0 Å². The second-order valence-corrected chi connectivity index (χ2v) is 8.98. The topological polar surface area (TPSA) is 82.7 Å². The van der Waals surface area contributed by atoms with Crippen LogP contribution in [0.4, 0.5) is 5.69 Å². The summed E-state index contributed by atoms with van der Waals surface area (Å²) in [5, 5.41) is 0.644. The van der Waals surface area contributed by atoms with Gasteiger partial charge in [-0.3, -0.25) is 0 Å². The summed E-state index contributed by atoms with van der Waals surface area (Å²) in [6.45, 7) is 6.92. The molecule has 1 saturated heterocycles. The van der Waals surface area contributed by atoms with Crippen LogP contribution in [0.5, 0.6) is 0 Å². The van der Waals surface area contributed by atoms with E-state index in [1.165, 1.54) is 4.31 Å². The SMILES string of the molecule is CCOC(=O)c1c(C)[nH]c(C)c1S(=O)(=O)N1CCN(c2cccc(Cl)c2)CC1. The van der Waals surface area contributed by atoms with Gasteiger partial charge in [0.2, 0.25) is 10.0 Å². The van der Waals surface area contributed by atoms with Crippen LogP contribution in [0.3, 0.4) is 0 Å². The summed E-state index contributed by atoms with van der Waals surface area (Å²) < 4.78 is 33.1. The minimum absolute atomic E-state index is 0.0136. The highest BCUT2D eigenvalue weighted by atomic mass is 35.5. The van der Waals surface area contributed by atoms with Crippen molar-refractivity contribution in [1.82, 2.24) is 9.29 Å². The van der Waals surface area contributed by atoms with Gasteiger partial charge in [0.05, 0.1) is 6.61 Å². The van der Waals surface area contributed by atoms with Crippen LogP contribution in [-0.2, 0) is 14.8 Å². The van der Waals surface area contributed by atoms with Crippen molar-refractivity contribution >= 4 is 33.3 Å². The summed E-state index contributed by atoms with van der Waals surface area (Å²) in [5.41, 5.74) is 1.99. The number of anilines is 1. The average molecular weight is 426 g/mol. The first-order chi connectivity index (χ1) is 13.3. The van der Waals surface area contributed by atoms with Gasteiger partial charge in [-0.2, -0.15) is 4.31 Å². The lowest BCUT2D eigenvalue weighted by molar-refractivity contribution is 0.0521. The van der Waals surface area contributed by atoms with Gasteiger partial charge in [0.15, 0.2) is 0 Å². The van der Waals surface area contributed by atoms with Crippen molar-refractivity contribution in [2.75, 3.05) is 37.7 Å². The van der Waals surface area contributed by atoms with Gasteiger partial charge in [0.25, 0.3) is 0 Å². The lowest BCUT2D eigenvalue weighted by atomic mass is 10.2. The van der Waals surface area contributed by atoms with E-state index in [1.54, 1.807) is 26.8 Å². The van der Waals surface area contributed by atoms with Crippen LogP contribution in [0.1, 0.15) is 28.7 Å². The third kappa shape index (κ3) is 3.90. The van der Waals surface area contributed by atoms with E-state index in [9.17, 15) is 13.2 Å². The number of hydrogen-bond acceptors (Lipinski definition) is 5. The number of aryl methyl sites for hydroxylation is 2.